The highest BCUT2D eigenvalue weighted by molar-refractivity contribution is 6.28. The van der Waals surface area contributed by atoms with Crippen LogP contribution in [-0.2, 0) is 0 Å². The van der Waals surface area contributed by atoms with E-state index in [1.807, 2.05) is 20.8 Å². The molecule has 0 amide bonds. The molecule has 0 aliphatic heterocycles. The molecule has 1 heterocycles. The van der Waals surface area contributed by atoms with E-state index in [1.54, 1.807) is 12.1 Å². The Morgan fingerprint density at radius 3 is 2.36 bits per heavy atom. The van der Waals surface area contributed by atoms with Gasteiger partial charge in [-0.25, -0.2) is 0 Å². The summed E-state index contributed by atoms with van der Waals surface area (Å²) >= 11 is 5.62. The van der Waals surface area contributed by atoms with Gasteiger partial charge in [0.2, 0.25) is 0 Å². The number of halogens is 1. The van der Waals surface area contributed by atoms with Crippen LogP contribution >= 0.6 is 11.6 Å². The van der Waals surface area contributed by atoms with E-state index in [4.69, 9.17) is 21.8 Å². The lowest BCUT2D eigenvalue weighted by Gasteiger charge is -2.29. The largest absolute Gasteiger partial charge is 0.448 e. The van der Waals surface area contributed by atoms with Crippen LogP contribution in [0.5, 0.6) is 0 Å². The SMILES string of the molecule is CC(C)(C)C(O)C(N)c1ccc(Cl)o1. The molecule has 1 rings (SSSR count). The molecule has 0 radical (unpaired) electrons. The quantitative estimate of drug-likeness (QED) is 0.800. The summed E-state index contributed by atoms with van der Waals surface area (Å²) < 4.78 is 5.14. The predicted octanol–water partition coefficient (Wildman–Crippen LogP) is 2.34. The lowest BCUT2D eigenvalue weighted by molar-refractivity contribution is 0.0342. The van der Waals surface area contributed by atoms with E-state index in [0.29, 0.717) is 5.76 Å². The Bertz CT molecular complexity index is 303. The molecule has 0 fully saturated rings. The molecule has 3 N–H and O–H groups in total. The fourth-order valence-corrected chi connectivity index (χ4v) is 1.35. The zero-order valence-electron chi connectivity index (χ0n) is 8.62. The van der Waals surface area contributed by atoms with E-state index in [-0.39, 0.29) is 10.6 Å². The normalized spacial score (nSPS) is 16.7. The number of hydrogen-bond acceptors (Lipinski definition) is 3. The molecule has 1 aromatic heterocycles. The van der Waals surface area contributed by atoms with E-state index >= 15 is 0 Å². The first-order valence-corrected chi connectivity index (χ1v) is 4.89. The second-order valence-electron chi connectivity index (χ2n) is 4.48. The molecule has 14 heavy (non-hydrogen) atoms. The molecule has 0 saturated carbocycles. The molecule has 1 aromatic rings. The summed E-state index contributed by atoms with van der Waals surface area (Å²) in [6, 6.07) is 2.76. The molecule has 3 nitrogen and oxygen atoms in total. The van der Waals surface area contributed by atoms with Crippen LogP contribution in [0.25, 0.3) is 0 Å². The van der Waals surface area contributed by atoms with Crippen molar-refractivity contribution in [2.45, 2.75) is 32.9 Å². The van der Waals surface area contributed by atoms with E-state index in [0.717, 1.165) is 0 Å². The van der Waals surface area contributed by atoms with Gasteiger partial charge in [0.25, 0.3) is 0 Å². The maximum atomic E-state index is 9.89. The molecule has 0 aliphatic rings. The van der Waals surface area contributed by atoms with Crippen LogP contribution in [-0.4, -0.2) is 11.2 Å². The van der Waals surface area contributed by atoms with Crippen molar-refractivity contribution in [3.05, 3.63) is 23.1 Å². The van der Waals surface area contributed by atoms with Gasteiger partial charge in [0, 0.05) is 0 Å². The van der Waals surface area contributed by atoms with Crippen LogP contribution in [0.4, 0.5) is 0 Å². The topological polar surface area (TPSA) is 59.4 Å². The second kappa shape index (κ2) is 3.93. The molecule has 80 valence electrons. The molecule has 2 unspecified atom stereocenters. The lowest BCUT2D eigenvalue weighted by Crippen LogP contribution is -2.36. The zero-order valence-corrected chi connectivity index (χ0v) is 9.38. The van der Waals surface area contributed by atoms with Crippen LogP contribution in [0.2, 0.25) is 5.22 Å². The van der Waals surface area contributed by atoms with E-state index < -0.39 is 12.1 Å². The minimum absolute atomic E-state index is 0.279. The molecule has 0 aliphatic carbocycles. The Morgan fingerprint density at radius 2 is 2.00 bits per heavy atom. The van der Waals surface area contributed by atoms with Gasteiger partial charge >= 0.3 is 0 Å². The maximum absolute atomic E-state index is 9.89. The molecule has 0 aromatic carbocycles. The van der Waals surface area contributed by atoms with Gasteiger partial charge in [-0.1, -0.05) is 20.8 Å². The lowest BCUT2D eigenvalue weighted by atomic mass is 9.84. The van der Waals surface area contributed by atoms with Crippen LogP contribution in [0.15, 0.2) is 16.5 Å². The molecule has 4 heteroatoms. The van der Waals surface area contributed by atoms with Crippen molar-refractivity contribution in [3.8, 4) is 0 Å². The number of nitrogens with two attached hydrogens (primary N) is 1. The zero-order chi connectivity index (χ0) is 10.9. The van der Waals surface area contributed by atoms with Crippen molar-refractivity contribution >= 4 is 11.6 Å². The maximum Gasteiger partial charge on any atom is 0.193 e. The summed E-state index contributed by atoms with van der Waals surface area (Å²) in [4.78, 5) is 0. The van der Waals surface area contributed by atoms with Gasteiger partial charge in [0.1, 0.15) is 5.76 Å². The Balaban J connectivity index is 2.80. The fourth-order valence-electron chi connectivity index (χ4n) is 1.20. The first-order chi connectivity index (χ1) is 6.32. The Kier molecular flexibility index (Phi) is 3.24. The summed E-state index contributed by atoms with van der Waals surface area (Å²) in [5.74, 6) is 0.512. The second-order valence-corrected chi connectivity index (χ2v) is 4.85. The Morgan fingerprint density at radius 1 is 1.43 bits per heavy atom. The van der Waals surface area contributed by atoms with Gasteiger partial charge in [-0.05, 0) is 29.1 Å². The van der Waals surface area contributed by atoms with Crippen molar-refractivity contribution in [1.82, 2.24) is 0 Å². The van der Waals surface area contributed by atoms with E-state index in [9.17, 15) is 5.11 Å². The van der Waals surface area contributed by atoms with Crippen molar-refractivity contribution in [1.29, 1.82) is 0 Å². The standard InChI is InChI=1S/C10H16ClNO2/c1-10(2,3)9(13)8(12)6-4-5-7(11)14-6/h4-5,8-9,13H,12H2,1-3H3. The van der Waals surface area contributed by atoms with Crippen LogP contribution < -0.4 is 5.73 Å². The third kappa shape index (κ3) is 2.50. The molecule has 2 atom stereocenters. The van der Waals surface area contributed by atoms with Crippen molar-refractivity contribution in [2.24, 2.45) is 11.1 Å². The van der Waals surface area contributed by atoms with Crippen LogP contribution in [0.1, 0.15) is 32.6 Å². The van der Waals surface area contributed by atoms with Crippen molar-refractivity contribution in [3.63, 3.8) is 0 Å². The fraction of sp³-hybridized carbons (Fsp3) is 0.600. The van der Waals surface area contributed by atoms with Crippen molar-refractivity contribution < 1.29 is 9.52 Å². The first-order valence-electron chi connectivity index (χ1n) is 4.51. The number of furan rings is 1. The molecular weight excluding hydrogens is 202 g/mol. The van der Waals surface area contributed by atoms with Gasteiger partial charge in [-0.2, -0.15) is 0 Å². The number of hydrogen-bond donors (Lipinski definition) is 2. The number of aliphatic hydroxyl groups excluding tert-OH is 1. The average Bonchev–Trinajstić information content (AvgIpc) is 2.47. The molecule has 0 bridgehead atoms. The summed E-state index contributed by atoms with van der Waals surface area (Å²) in [5.41, 5.74) is 5.56. The first kappa shape index (κ1) is 11.6. The monoisotopic (exact) mass is 217 g/mol. The van der Waals surface area contributed by atoms with E-state index in [1.165, 1.54) is 0 Å². The van der Waals surface area contributed by atoms with Gasteiger partial charge < -0.3 is 15.3 Å². The minimum atomic E-state index is -0.662. The highest BCUT2D eigenvalue weighted by atomic mass is 35.5. The number of aliphatic hydroxyl groups is 1. The third-order valence-electron chi connectivity index (χ3n) is 2.15. The summed E-state index contributed by atoms with van der Waals surface area (Å²) in [7, 11) is 0. The highest BCUT2D eigenvalue weighted by Gasteiger charge is 2.30. The van der Waals surface area contributed by atoms with Crippen LogP contribution in [0, 0.1) is 5.41 Å². The summed E-state index contributed by atoms with van der Waals surface area (Å²) in [5, 5.41) is 10.2. The van der Waals surface area contributed by atoms with E-state index in [2.05, 4.69) is 0 Å². The van der Waals surface area contributed by atoms with Gasteiger partial charge in [-0.3, -0.25) is 0 Å². The molecule has 0 saturated heterocycles. The van der Waals surface area contributed by atoms with Crippen LogP contribution in [0.3, 0.4) is 0 Å². The predicted molar refractivity (Wildman–Crippen MR) is 56.1 cm³/mol. The smallest absolute Gasteiger partial charge is 0.193 e. The molecular formula is C10H16ClNO2. The number of rotatable bonds is 2. The van der Waals surface area contributed by atoms with Gasteiger partial charge in [0.15, 0.2) is 5.22 Å². The van der Waals surface area contributed by atoms with Gasteiger partial charge in [0.05, 0.1) is 12.1 Å². The van der Waals surface area contributed by atoms with Crippen molar-refractivity contribution in [2.75, 3.05) is 0 Å². The van der Waals surface area contributed by atoms with Gasteiger partial charge in [-0.15, -0.1) is 0 Å². The summed E-state index contributed by atoms with van der Waals surface area (Å²) in [6.07, 6.45) is -0.662. The minimum Gasteiger partial charge on any atom is -0.448 e. The Labute approximate surface area is 88.9 Å². The highest BCUT2D eigenvalue weighted by Crippen LogP contribution is 2.30. The molecule has 0 spiro atoms. The average molecular weight is 218 g/mol. The summed E-state index contributed by atoms with van der Waals surface area (Å²) in [6.45, 7) is 5.76. The Hall–Kier alpha value is -0.510. The third-order valence-corrected chi connectivity index (χ3v) is 2.35.